The number of aliphatic hydroxyl groups is 1. The summed E-state index contributed by atoms with van der Waals surface area (Å²) in [5.41, 5.74) is 2.64. The van der Waals surface area contributed by atoms with Crippen LogP contribution in [-0.2, 0) is 9.53 Å². The number of aromatic nitrogens is 1. The van der Waals surface area contributed by atoms with Crippen LogP contribution in [0.5, 0.6) is 0 Å². The van der Waals surface area contributed by atoms with E-state index in [1.807, 2.05) is 43.9 Å². The number of pyridine rings is 1. The molecule has 0 bridgehead atoms. The first-order chi connectivity index (χ1) is 14.3. The Balaban J connectivity index is 1.78. The zero-order chi connectivity index (χ0) is 21.5. The van der Waals surface area contributed by atoms with Crippen LogP contribution in [0.1, 0.15) is 31.9 Å². The van der Waals surface area contributed by atoms with E-state index in [4.69, 9.17) is 4.74 Å². The van der Waals surface area contributed by atoms with Crippen LogP contribution in [0.25, 0.3) is 11.1 Å². The van der Waals surface area contributed by atoms with Gasteiger partial charge in [0.1, 0.15) is 23.0 Å². The van der Waals surface area contributed by atoms with E-state index in [0.29, 0.717) is 29.1 Å². The maximum atomic E-state index is 13.6. The van der Waals surface area contributed by atoms with Gasteiger partial charge in [-0.15, -0.1) is 0 Å². The maximum absolute atomic E-state index is 13.6. The van der Waals surface area contributed by atoms with Crippen LogP contribution in [-0.4, -0.2) is 41.3 Å². The van der Waals surface area contributed by atoms with E-state index in [2.05, 4.69) is 10.3 Å². The number of hydrogen-bond acceptors (Lipinski definition) is 5. The molecule has 1 aromatic carbocycles. The number of nitrogens with one attached hydrogen (secondary N) is 1. The first kappa shape index (κ1) is 20.1. The molecule has 0 unspecified atom stereocenters. The van der Waals surface area contributed by atoms with Crippen LogP contribution >= 0.6 is 0 Å². The van der Waals surface area contributed by atoms with Gasteiger partial charge in [-0.1, -0.05) is 0 Å². The molecule has 2 aromatic rings. The van der Waals surface area contributed by atoms with Crippen LogP contribution in [0.2, 0.25) is 0 Å². The number of carbonyl (C=O) groups is 1. The number of carbonyl (C=O) groups excluding carboxylic acids is 1. The molecule has 0 spiro atoms. The maximum Gasteiger partial charge on any atom is 0.260 e. The molecule has 0 atom stereocenters. The lowest BCUT2D eigenvalue weighted by Crippen LogP contribution is -2.27. The van der Waals surface area contributed by atoms with E-state index in [-0.39, 0.29) is 12.5 Å². The number of amides is 1. The summed E-state index contributed by atoms with van der Waals surface area (Å²) in [6.45, 7) is 7.15. The zero-order valence-electron chi connectivity index (χ0n) is 17.2. The van der Waals surface area contributed by atoms with Crippen molar-refractivity contribution in [1.29, 1.82) is 0 Å². The number of benzene rings is 1. The third-order valence-electron chi connectivity index (χ3n) is 5.39. The zero-order valence-corrected chi connectivity index (χ0v) is 17.2. The molecule has 4 rings (SSSR count). The fraction of sp³-hybridized carbons (Fsp3) is 0.304. The van der Waals surface area contributed by atoms with Gasteiger partial charge in [-0.25, -0.2) is 9.37 Å². The van der Waals surface area contributed by atoms with Crippen LogP contribution in [0, 0.1) is 5.82 Å². The smallest absolute Gasteiger partial charge is 0.260 e. The Morgan fingerprint density at radius 3 is 2.80 bits per heavy atom. The molecule has 0 saturated carbocycles. The van der Waals surface area contributed by atoms with Crippen LogP contribution < -0.4 is 10.2 Å². The summed E-state index contributed by atoms with van der Waals surface area (Å²) in [5.74, 6) is 0.506. The van der Waals surface area contributed by atoms with Crippen LogP contribution in [0.3, 0.4) is 0 Å². The number of anilines is 2. The minimum atomic E-state index is -0.669. The molecule has 6 nitrogen and oxygen atoms in total. The quantitative estimate of drug-likeness (QED) is 0.739. The SMILES string of the molecule is CCN(CCO)c1cc(C2=C/C(=C3\C(=O)Nc4cc(F)ccc43)OC2(C)C)ccn1. The minimum absolute atomic E-state index is 0.0441. The predicted molar refractivity (Wildman–Crippen MR) is 114 cm³/mol. The number of fused-ring (bicyclic) bond motifs is 1. The van der Waals surface area contributed by atoms with Gasteiger partial charge in [0.25, 0.3) is 5.91 Å². The van der Waals surface area contributed by atoms with Crippen molar-refractivity contribution in [3.63, 3.8) is 0 Å². The summed E-state index contributed by atoms with van der Waals surface area (Å²) in [6, 6.07) is 8.09. The number of likely N-dealkylation sites (N-methyl/N-ethyl adjacent to an activating group) is 1. The number of hydrogen-bond donors (Lipinski definition) is 2. The molecule has 0 radical (unpaired) electrons. The Morgan fingerprint density at radius 2 is 2.07 bits per heavy atom. The summed E-state index contributed by atoms with van der Waals surface area (Å²) in [6.07, 6.45) is 3.60. The van der Waals surface area contributed by atoms with Crippen molar-refractivity contribution in [2.24, 2.45) is 0 Å². The Hall–Kier alpha value is -3.19. The average molecular weight is 409 g/mol. The highest BCUT2D eigenvalue weighted by molar-refractivity contribution is 6.32. The van der Waals surface area contributed by atoms with Gasteiger partial charge in [0.15, 0.2) is 0 Å². The summed E-state index contributed by atoms with van der Waals surface area (Å²) < 4.78 is 19.7. The van der Waals surface area contributed by atoms with E-state index in [0.717, 1.165) is 23.5 Å². The molecule has 2 aliphatic rings. The van der Waals surface area contributed by atoms with Crippen molar-refractivity contribution in [3.05, 3.63) is 65.3 Å². The summed E-state index contributed by atoms with van der Waals surface area (Å²) in [7, 11) is 0. The average Bonchev–Trinajstić information content (AvgIpc) is 3.20. The second-order valence-electron chi connectivity index (χ2n) is 7.76. The Bertz CT molecular complexity index is 1080. The number of aliphatic hydroxyl groups excluding tert-OH is 1. The van der Waals surface area contributed by atoms with Crippen molar-refractivity contribution in [2.75, 3.05) is 29.9 Å². The van der Waals surface area contributed by atoms with Crippen molar-refractivity contribution in [3.8, 4) is 0 Å². The van der Waals surface area contributed by atoms with Gasteiger partial charge in [-0.3, -0.25) is 4.79 Å². The van der Waals surface area contributed by atoms with E-state index >= 15 is 0 Å². The van der Waals surface area contributed by atoms with Gasteiger partial charge in [0, 0.05) is 30.4 Å². The molecule has 3 heterocycles. The van der Waals surface area contributed by atoms with Gasteiger partial charge in [-0.2, -0.15) is 0 Å². The molecule has 1 amide bonds. The predicted octanol–water partition coefficient (Wildman–Crippen LogP) is 3.59. The second-order valence-corrected chi connectivity index (χ2v) is 7.76. The molecule has 2 aliphatic heterocycles. The lowest BCUT2D eigenvalue weighted by molar-refractivity contribution is -0.111. The number of allylic oxidation sites excluding steroid dienone is 1. The van der Waals surface area contributed by atoms with E-state index < -0.39 is 11.4 Å². The fourth-order valence-corrected chi connectivity index (χ4v) is 3.92. The number of rotatable bonds is 5. The molecule has 7 heteroatoms. The van der Waals surface area contributed by atoms with Gasteiger partial charge in [-0.05, 0) is 62.7 Å². The summed E-state index contributed by atoms with van der Waals surface area (Å²) in [4.78, 5) is 19.0. The van der Waals surface area contributed by atoms with Crippen molar-refractivity contribution >= 4 is 28.6 Å². The lowest BCUT2D eigenvalue weighted by atomic mass is 9.92. The van der Waals surface area contributed by atoms with Crippen molar-refractivity contribution in [2.45, 2.75) is 26.4 Å². The van der Waals surface area contributed by atoms with E-state index in [1.165, 1.54) is 12.1 Å². The second kappa shape index (κ2) is 7.57. The van der Waals surface area contributed by atoms with E-state index in [9.17, 15) is 14.3 Å². The normalized spacial score (nSPS) is 19.2. The summed E-state index contributed by atoms with van der Waals surface area (Å²) in [5, 5.41) is 12.0. The highest BCUT2D eigenvalue weighted by Gasteiger charge is 2.38. The first-order valence-electron chi connectivity index (χ1n) is 9.93. The molecule has 2 N–H and O–H groups in total. The van der Waals surface area contributed by atoms with Crippen LogP contribution in [0.4, 0.5) is 15.9 Å². The number of nitrogens with zero attached hydrogens (tertiary/aromatic N) is 2. The third-order valence-corrected chi connectivity index (χ3v) is 5.39. The lowest BCUT2D eigenvalue weighted by Gasteiger charge is -2.25. The molecular weight excluding hydrogens is 385 g/mol. The van der Waals surface area contributed by atoms with Crippen LogP contribution in [0.15, 0.2) is 48.4 Å². The highest BCUT2D eigenvalue weighted by atomic mass is 19.1. The topological polar surface area (TPSA) is 74.7 Å². The fourth-order valence-electron chi connectivity index (χ4n) is 3.92. The van der Waals surface area contributed by atoms with E-state index in [1.54, 1.807) is 12.3 Å². The Morgan fingerprint density at radius 1 is 1.27 bits per heavy atom. The first-order valence-corrected chi connectivity index (χ1v) is 9.93. The monoisotopic (exact) mass is 409 g/mol. The van der Waals surface area contributed by atoms with Gasteiger partial charge in [0.2, 0.25) is 0 Å². The molecule has 0 fully saturated rings. The summed E-state index contributed by atoms with van der Waals surface area (Å²) >= 11 is 0. The van der Waals surface area contributed by atoms with Crippen molar-refractivity contribution in [1.82, 2.24) is 4.98 Å². The Kier molecular flexibility index (Phi) is 5.07. The molecule has 0 saturated heterocycles. The molecule has 156 valence electrons. The Labute approximate surface area is 174 Å². The largest absolute Gasteiger partial charge is 0.482 e. The number of ether oxygens (including phenoxy) is 1. The van der Waals surface area contributed by atoms with Gasteiger partial charge in [0.05, 0.1) is 17.9 Å². The molecule has 30 heavy (non-hydrogen) atoms. The minimum Gasteiger partial charge on any atom is -0.482 e. The molecular formula is C23H24FN3O3. The highest BCUT2D eigenvalue weighted by Crippen LogP contribution is 2.44. The third kappa shape index (κ3) is 3.45. The van der Waals surface area contributed by atoms with Gasteiger partial charge >= 0.3 is 0 Å². The standard InChI is InChI=1S/C23H24FN3O3/c1-4-27(9-10-28)20-11-14(7-8-25-20)17-13-19(30-23(17,2)3)21-16-6-5-15(24)12-18(16)26-22(21)29/h5-8,11-13,28H,4,9-10H2,1-3H3,(H,26,29)/b21-19+. The van der Waals surface area contributed by atoms with Gasteiger partial charge < -0.3 is 20.1 Å². The molecule has 0 aliphatic carbocycles. The van der Waals surface area contributed by atoms with Crippen molar-refractivity contribution < 1.29 is 19.0 Å². The number of halogens is 1. The molecule has 1 aromatic heterocycles.